The summed E-state index contributed by atoms with van der Waals surface area (Å²) in [5.41, 5.74) is 2.68. The number of aromatic nitrogens is 2. The summed E-state index contributed by atoms with van der Waals surface area (Å²) in [6, 6.07) is 0.616. The smallest absolute Gasteiger partial charge is 0.0722 e. The summed E-state index contributed by atoms with van der Waals surface area (Å²) < 4.78 is 1.93. The average molecular weight is 249 g/mol. The Hall–Kier alpha value is -0.830. The number of nitrogens with zero attached hydrogens (tertiary/aromatic N) is 2. The predicted octanol–water partition coefficient (Wildman–Crippen LogP) is 3.00. The fraction of sp³-hybridized carbons (Fsp3) is 0.800. The van der Waals surface area contributed by atoms with Gasteiger partial charge >= 0.3 is 0 Å². The van der Waals surface area contributed by atoms with Gasteiger partial charge in [0.1, 0.15) is 0 Å². The first-order valence-corrected chi connectivity index (χ1v) is 7.12. The Morgan fingerprint density at radius 2 is 2.11 bits per heavy atom. The van der Waals surface area contributed by atoms with Gasteiger partial charge in [-0.25, -0.2) is 0 Å². The van der Waals surface area contributed by atoms with Gasteiger partial charge in [0.25, 0.3) is 0 Å². The largest absolute Gasteiger partial charge is 0.310 e. The standard InChI is InChI=1S/C15H27N3/c1-11(8-12-6-7-12)16-9-13-10-18(5)17-14(13)15(2,3)4/h10-12,16H,6-9H2,1-5H3. The molecule has 1 unspecified atom stereocenters. The van der Waals surface area contributed by atoms with Crippen molar-refractivity contribution in [1.29, 1.82) is 0 Å². The average Bonchev–Trinajstić information content (AvgIpc) is 2.95. The van der Waals surface area contributed by atoms with Crippen molar-refractivity contribution in [2.24, 2.45) is 13.0 Å². The van der Waals surface area contributed by atoms with Gasteiger partial charge in [0.05, 0.1) is 5.69 Å². The van der Waals surface area contributed by atoms with Crippen LogP contribution in [0.5, 0.6) is 0 Å². The summed E-state index contributed by atoms with van der Waals surface area (Å²) in [5, 5.41) is 8.25. The van der Waals surface area contributed by atoms with Crippen LogP contribution < -0.4 is 5.32 Å². The maximum Gasteiger partial charge on any atom is 0.0722 e. The fourth-order valence-corrected chi connectivity index (χ4v) is 2.52. The van der Waals surface area contributed by atoms with Gasteiger partial charge in [-0.1, -0.05) is 33.6 Å². The summed E-state index contributed by atoms with van der Waals surface area (Å²) in [7, 11) is 2.01. The molecule has 0 aromatic carbocycles. The molecule has 1 N–H and O–H groups in total. The van der Waals surface area contributed by atoms with E-state index in [2.05, 4.69) is 44.3 Å². The molecule has 1 aliphatic carbocycles. The number of nitrogens with one attached hydrogen (secondary N) is 1. The van der Waals surface area contributed by atoms with Crippen LogP contribution in [0.2, 0.25) is 0 Å². The van der Waals surface area contributed by atoms with Gasteiger partial charge in [-0.2, -0.15) is 5.10 Å². The Kier molecular flexibility index (Phi) is 3.81. The minimum atomic E-state index is 0.123. The number of hydrogen-bond donors (Lipinski definition) is 1. The van der Waals surface area contributed by atoms with Crippen molar-refractivity contribution in [1.82, 2.24) is 15.1 Å². The molecule has 0 saturated heterocycles. The molecular formula is C15H27N3. The molecule has 1 saturated carbocycles. The van der Waals surface area contributed by atoms with Gasteiger partial charge in [-0.3, -0.25) is 4.68 Å². The van der Waals surface area contributed by atoms with Crippen LogP contribution in [-0.4, -0.2) is 15.8 Å². The lowest BCUT2D eigenvalue weighted by atomic mass is 9.89. The van der Waals surface area contributed by atoms with E-state index in [9.17, 15) is 0 Å². The Morgan fingerprint density at radius 3 is 2.67 bits per heavy atom. The van der Waals surface area contributed by atoms with Crippen LogP contribution in [0.25, 0.3) is 0 Å². The van der Waals surface area contributed by atoms with E-state index in [1.54, 1.807) is 0 Å². The van der Waals surface area contributed by atoms with Crippen LogP contribution in [0, 0.1) is 5.92 Å². The van der Waals surface area contributed by atoms with Gasteiger partial charge < -0.3 is 5.32 Å². The summed E-state index contributed by atoms with van der Waals surface area (Å²) in [6.45, 7) is 9.92. The molecule has 0 amide bonds. The van der Waals surface area contributed by atoms with Crippen LogP contribution in [0.1, 0.15) is 58.2 Å². The number of hydrogen-bond acceptors (Lipinski definition) is 2. The minimum absolute atomic E-state index is 0.123. The normalized spacial score (nSPS) is 18.1. The van der Waals surface area contributed by atoms with Gasteiger partial charge in [-0.15, -0.1) is 0 Å². The van der Waals surface area contributed by atoms with Crippen LogP contribution in [0.4, 0.5) is 0 Å². The molecule has 0 aliphatic heterocycles. The highest BCUT2D eigenvalue weighted by molar-refractivity contribution is 5.23. The Morgan fingerprint density at radius 1 is 1.44 bits per heavy atom. The summed E-state index contributed by atoms with van der Waals surface area (Å²) in [4.78, 5) is 0. The van der Waals surface area contributed by atoms with E-state index in [1.807, 2.05) is 11.7 Å². The van der Waals surface area contributed by atoms with Crippen LogP contribution >= 0.6 is 0 Å². The maximum absolute atomic E-state index is 4.61. The van der Waals surface area contributed by atoms with Crippen molar-refractivity contribution in [2.75, 3.05) is 0 Å². The van der Waals surface area contributed by atoms with E-state index in [1.165, 1.54) is 30.5 Å². The molecule has 2 rings (SSSR count). The van der Waals surface area contributed by atoms with Crippen LogP contribution in [-0.2, 0) is 19.0 Å². The Balaban J connectivity index is 1.95. The third kappa shape index (κ3) is 3.58. The second kappa shape index (κ2) is 5.04. The maximum atomic E-state index is 4.61. The third-order valence-corrected chi connectivity index (χ3v) is 3.64. The van der Waals surface area contributed by atoms with Crippen molar-refractivity contribution in [3.05, 3.63) is 17.5 Å². The van der Waals surface area contributed by atoms with Crippen molar-refractivity contribution < 1.29 is 0 Å². The van der Waals surface area contributed by atoms with E-state index in [-0.39, 0.29) is 5.41 Å². The molecule has 1 fully saturated rings. The Bertz CT molecular complexity index is 396. The first-order chi connectivity index (χ1) is 8.36. The molecule has 18 heavy (non-hydrogen) atoms. The molecule has 1 aromatic rings. The van der Waals surface area contributed by atoms with Crippen molar-refractivity contribution in [3.8, 4) is 0 Å². The van der Waals surface area contributed by atoms with E-state index in [0.717, 1.165) is 12.5 Å². The first kappa shape index (κ1) is 13.6. The molecule has 1 heterocycles. The molecule has 3 nitrogen and oxygen atoms in total. The van der Waals surface area contributed by atoms with Gasteiger partial charge in [0.15, 0.2) is 0 Å². The lowest BCUT2D eigenvalue weighted by Crippen LogP contribution is -2.27. The zero-order valence-electron chi connectivity index (χ0n) is 12.5. The highest BCUT2D eigenvalue weighted by Gasteiger charge is 2.24. The molecule has 1 atom stereocenters. The van der Waals surface area contributed by atoms with Crippen molar-refractivity contribution in [2.45, 2.75) is 65.0 Å². The summed E-state index contributed by atoms with van der Waals surface area (Å²) in [6.07, 6.45) is 6.35. The highest BCUT2D eigenvalue weighted by Crippen LogP contribution is 2.33. The summed E-state index contributed by atoms with van der Waals surface area (Å²) >= 11 is 0. The molecule has 0 radical (unpaired) electrons. The third-order valence-electron chi connectivity index (χ3n) is 3.64. The fourth-order valence-electron chi connectivity index (χ4n) is 2.52. The van der Waals surface area contributed by atoms with Crippen LogP contribution in [0.15, 0.2) is 6.20 Å². The first-order valence-electron chi connectivity index (χ1n) is 7.12. The Labute approximate surface area is 111 Å². The zero-order chi connectivity index (χ0) is 13.3. The molecule has 1 aliphatic rings. The molecule has 102 valence electrons. The van der Waals surface area contributed by atoms with Gasteiger partial charge in [-0.05, 0) is 19.3 Å². The zero-order valence-corrected chi connectivity index (χ0v) is 12.5. The SMILES string of the molecule is CC(CC1CC1)NCc1cn(C)nc1C(C)(C)C. The second-order valence-corrected chi connectivity index (χ2v) is 6.89. The van der Waals surface area contributed by atoms with Crippen LogP contribution in [0.3, 0.4) is 0 Å². The van der Waals surface area contributed by atoms with E-state index < -0.39 is 0 Å². The molecule has 1 aromatic heterocycles. The minimum Gasteiger partial charge on any atom is -0.310 e. The highest BCUT2D eigenvalue weighted by atomic mass is 15.3. The number of rotatable bonds is 5. The molecule has 3 heteroatoms. The van der Waals surface area contributed by atoms with E-state index in [4.69, 9.17) is 0 Å². The quantitative estimate of drug-likeness (QED) is 0.869. The molecule has 0 bridgehead atoms. The van der Waals surface area contributed by atoms with Crippen molar-refractivity contribution in [3.63, 3.8) is 0 Å². The topological polar surface area (TPSA) is 29.9 Å². The molecular weight excluding hydrogens is 222 g/mol. The van der Waals surface area contributed by atoms with Gasteiger partial charge in [0.2, 0.25) is 0 Å². The van der Waals surface area contributed by atoms with E-state index >= 15 is 0 Å². The lowest BCUT2D eigenvalue weighted by Gasteiger charge is -2.19. The monoisotopic (exact) mass is 249 g/mol. The second-order valence-electron chi connectivity index (χ2n) is 6.89. The van der Waals surface area contributed by atoms with E-state index in [0.29, 0.717) is 6.04 Å². The number of aryl methyl sites for hydroxylation is 1. The van der Waals surface area contributed by atoms with Gasteiger partial charge in [0, 0.05) is 36.8 Å². The van der Waals surface area contributed by atoms with Crippen molar-refractivity contribution >= 4 is 0 Å². The summed E-state index contributed by atoms with van der Waals surface area (Å²) in [5.74, 6) is 0.989. The molecule has 0 spiro atoms. The lowest BCUT2D eigenvalue weighted by molar-refractivity contribution is 0.480. The predicted molar refractivity (Wildman–Crippen MR) is 75.6 cm³/mol.